The highest BCUT2D eigenvalue weighted by Crippen LogP contribution is 2.60. The van der Waals surface area contributed by atoms with Crippen LogP contribution >= 0.6 is 35.0 Å². The Hall–Kier alpha value is -2.22. The van der Waals surface area contributed by atoms with Crippen molar-refractivity contribution in [3.63, 3.8) is 0 Å². The van der Waals surface area contributed by atoms with Crippen molar-refractivity contribution < 1.29 is 14.8 Å². The first-order chi connectivity index (χ1) is 16.3. The Kier molecular flexibility index (Phi) is 5.35. The van der Waals surface area contributed by atoms with Gasteiger partial charge in [0.2, 0.25) is 0 Å². The second-order valence-electron chi connectivity index (χ2n) is 9.55. The molecular weight excluding hydrogens is 495 g/mol. The molecule has 2 aliphatic carbocycles. The molecule has 0 N–H and O–H groups in total. The van der Waals surface area contributed by atoms with E-state index in [1.54, 1.807) is 18.2 Å². The van der Waals surface area contributed by atoms with E-state index in [9.17, 15) is 20.0 Å². The summed E-state index contributed by atoms with van der Waals surface area (Å²) in [5.41, 5.74) is 3.03. The average molecular weight is 516 g/mol. The fourth-order valence-electron chi connectivity index (χ4n) is 6.58. The Balaban J connectivity index is 1.45. The summed E-state index contributed by atoms with van der Waals surface area (Å²) in [5, 5.41) is 24.1. The van der Waals surface area contributed by atoms with Crippen molar-refractivity contribution in [3.05, 3.63) is 74.8 Å². The number of hydrogen-bond donors (Lipinski definition) is 0. The third-order valence-electron chi connectivity index (χ3n) is 7.85. The molecule has 2 aromatic rings. The van der Waals surface area contributed by atoms with Crippen LogP contribution in [0, 0.1) is 22.0 Å². The van der Waals surface area contributed by atoms with Gasteiger partial charge in [0, 0.05) is 40.4 Å². The second-order valence-corrected chi connectivity index (χ2v) is 11.8. The number of para-hydroxylation sites is 1. The summed E-state index contributed by atoms with van der Waals surface area (Å²) < 4.78 is 0. The van der Waals surface area contributed by atoms with Crippen LogP contribution in [-0.2, 0) is 4.79 Å². The van der Waals surface area contributed by atoms with Gasteiger partial charge in [-0.3, -0.25) is 10.1 Å². The molecule has 0 spiro atoms. The van der Waals surface area contributed by atoms with E-state index in [4.69, 9.17) is 23.2 Å². The molecule has 2 aliphatic heterocycles. The Bertz CT molecular complexity index is 1240. The number of carbonyl (C=O) groups is 1. The maximum absolute atomic E-state index is 12.6. The Morgan fingerprint density at radius 2 is 1.97 bits per heavy atom. The number of anilines is 1. The van der Waals surface area contributed by atoms with Crippen LogP contribution in [0.1, 0.15) is 35.8 Å². The highest BCUT2D eigenvalue weighted by atomic mass is 35.5. The third-order valence-corrected chi connectivity index (χ3v) is 10.2. The minimum absolute atomic E-state index is 0.0348. The summed E-state index contributed by atoms with van der Waals surface area (Å²) in [6, 6.07) is 9.71. The number of carbonyl (C=O) groups excluding carboxylic acids is 1. The molecule has 4 aliphatic rings. The zero-order valence-corrected chi connectivity index (χ0v) is 20.3. The van der Waals surface area contributed by atoms with Gasteiger partial charge in [-0.15, -0.1) is 23.4 Å². The molecule has 6 rings (SSSR count). The minimum atomic E-state index is -1.09. The molecule has 0 radical (unpaired) electrons. The number of nitro benzene ring substituents is 1. The number of nitro groups is 1. The van der Waals surface area contributed by atoms with Gasteiger partial charge >= 0.3 is 0 Å². The van der Waals surface area contributed by atoms with E-state index < -0.39 is 22.3 Å². The van der Waals surface area contributed by atoms with E-state index in [-0.39, 0.29) is 28.7 Å². The summed E-state index contributed by atoms with van der Waals surface area (Å²) in [6.45, 7) is 0.649. The molecule has 2 heterocycles. The van der Waals surface area contributed by atoms with Gasteiger partial charge in [0.15, 0.2) is 0 Å². The number of carboxylic acids is 1. The fourth-order valence-corrected chi connectivity index (χ4v) is 8.76. The molecule has 0 amide bonds. The molecule has 9 heteroatoms. The Labute approximate surface area is 211 Å². The molecule has 0 saturated heterocycles. The number of fused-ring (bicyclic) bond motifs is 4. The highest BCUT2D eigenvalue weighted by molar-refractivity contribution is 8.00. The average Bonchev–Trinajstić information content (AvgIpc) is 3.38. The lowest BCUT2D eigenvalue weighted by molar-refractivity contribution is -0.387. The number of halogens is 2. The first-order valence-corrected chi connectivity index (χ1v) is 13.1. The van der Waals surface area contributed by atoms with E-state index >= 15 is 0 Å². The lowest BCUT2D eigenvalue weighted by atomic mass is 9.72. The van der Waals surface area contributed by atoms with E-state index in [0.717, 1.165) is 23.2 Å². The van der Waals surface area contributed by atoms with Crippen LogP contribution < -0.4 is 10.0 Å². The van der Waals surface area contributed by atoms with Gasteiger partial charge in [0.05, 0.1) is 27.2 Å². The molecule has 1 saturated carbocycles. The van der Waals surface area contributed by atoms with Crippen LogP contribution in [0.15, 0.2) is 53.4 Å². The van der Waals surface area contributed by atoms with Crippen molar-refractivity contribution in [2.75, 3.05) is 11.4 Å². The predicted octanol–water partition coefficient (Wildman–Crippen LogP) is 4.73. The number of carboxylic acid groups (broad SMARTS) is 1. The van der Waals surface area contributed by atoms with Gasteiger partial charge in [-0.1, -0.05) is 35.9 Å². The van der Waals surface area contributed by atoms with Crippen LogP contribution in [0.5, 0.6) is 0 Å². The standard InChI is InChI=1S/C25H22Cl2N2O4S/c26-13-8-15-14-5-3-4-12(14)11-28-23(15)16(9-13)21-17(24(28)25(30)31)10-20(22(21)27)34-19-7-2-1-6-18(19)29(32)33/h1-3,5-9,12,14,17,20-22,24H,4,10-11H2,(H,30,31)/p-1/t12-,14+,17-,20+,21+,22-,24+/m1/s1. The fraction of sp³-hybridized carbons (Fsp3) is 0.400. The second kappa shape index (κ2) is 8.18. The van der Waals surface area contributed by atoms with Gasteiger partial charge in [-0.2, -0.15) is 0 Å². The molecule has 1 fully saturated rings. The Morgan fingerprint density at radius 3 is 2.74 bits per heavy atom. The number of hydrogen-bond acceptors (Lipinski definition) is 6. The van der Waals surface area contributed by atoms with Crippen molar-refractivity contribution >= 4 is 52.3 Å². The number of thioether (sulfide) groups is 1. The maximum atomic E-state index is 12.6. The zero-order valence-electron chi connectivity index (χ0n) is 18.0. The lowest BCUT2D eigenvalue weighted by Gasteiger charge is -2.51. The summed E-state index contributed by atoms with van der Waals surface area (Å²) in [7, 11) is 0. The summed E-state index contributed by atoms with van der Waals surface area (Å²) in [6.07, 6.45) is 5.80. The van der Waals surface area contributed by atoms with Crippen LogP contribution in [0.25, 0.3) is 0 Å². The maximum Gasteiger partial charge on any atom is 0.282 e. The summed E-state index contributed by atoms with van der Waals surface area (Å²) in [4.78, 5) is 26.3. The monoisotopic (exact) mass is 515 g/mol. The van der Waals surface area contributed by atoms with E-state index in [0.29, 0.717) is 28.8 Å². The number of nitrogens with zero attached hydrogens (tertiary/aromatic N) is 2. The highest BCUT2D eigenvalue weighted by Gasteiger charge is 2.55. The first kappa shape index (κ1) is 22.3. The number of allylic oxidation sites excluding steroid dienone is 2. The van der Waals surface area contributed by atoms with Crippen LogP contribution in [0.2, 0.25) is 5.02 Å². The van der Waals surface area contributed by atoms with E-state index in [2.05, 4.69) is 12.2 Å². The zero-order chi connectivity index (χ0) is 23.7. The van der Waals surface area contributed by atoms with Crippen LogP contribution in [0.4, 0.5) is 11.4 Å². The van der Waals surface area contributed by atoms with E-state index in [1.807, 2.05) is 17.0 Å². The van der Waals surface area contributed by atoms with E-state index in [1.165, 1.54) is 17.8 Å². The van der Waals surface area contributed by atoms with Crippen molar-refractivity contribution in [3.8, 4) is 0 Å². The molecule has 2 aromatic carbocycles. The van der Waals surface area contributed by atoms with Gasteiger partial charge in [-0.05, 0) is 54.0 Å². The van der Waals surface area contributed by atoms with Crippen LogP contribution in [-0.4, -0.2) is 34.1 Å². The number of alkyl halides is 1. The smallest absolute Gasteiger partial charge is 0.282 e. The molecule has 7 atom stereocenters. The number of aliphatic carboxylic acids is 1. The first-order valence-electron chi connectivity index (χ1n) is 11.4. The molecule has 6 nitrogen and oxygen atoms in total. The quantitative estimate of drug-likeness (QED) is 0.253. The molecule has 176 valence electrons. The van der Waals surface area contributed by atoms with Crippen molar-refractivity contribution in [2.45, 2.75) is 46.2 Å². The third kappa shape index (κ3) is 3.28. The van der Waals surface area contributed by atoms with Gasteiger partial charge in [0.1, 0.15) is 0 Å². The Morgan fingerprint density at radius 1 is 1.21 bits per heavy atom. The van der Waals surface area contributed by atoms with Gasteiger partial charge in [-0.25, -0.2) is 0 Å². The van der Waals surface area contributed by atoms with Crippen LogP contribution in [0.3, 0.4) is 0 Å². The normalized spacial score (nSPS) is 32.8. The minimum Gasteiger partial charge on any atom is -0.548 e. The number of benzene rings is 2. The predicted molar refractivity (Wildman–Crippen MR) is 131 cm³/mol. The summed E-state index contributed by atoms with van der Waals surface area (Å²) in [5.74, 6) is -1.06. The lowest BCUT2D eigenvalue weighted by Crippen LogP contribution is -2.58. The molecular formula is C25H21Cl2N2O4S-. The largest absolute Gasteiger partial charge is 0.548 e. The molecule has 34 heavy (non-hydrogen) atoms. The topological polar surface area (TPSA) is 86.5 Å². The molecule has 0 aromatic heterocycles. The summed E-state index contributed by atoms with van der Waals surface area (Å²) >= 11 is 15.0. The number of rotatable bonds is 4. The van der Waals surface area contributed by atoms with Gasteiger partial charge in [0.25, 0.3) is 5.69 Å². The SMILES string of the molecule is O=C([O-])[C@@H]1[C@@H]2C[C@H](Sc3ccccc3[N+](=O)[O-])[C@@H](Cl)[C@H]2c2cc(Cl)cc3c2N1C[C@H]1CC=C[C@H]31. The van der Waals surface area contributed by atoms with Gasteiger partial charge < -0.3 is 14.8 Å². The molecule has 0 bridgehead atoms. The van der Waals surface area contributed by atoms with Crippen molar-refractivity contribution in [1.82, 2.24) is 0 Å². The van der Waals surface area contributed by atoms with Crippen molar-refractivity contribution in [1.29, 1.82) is 0 Å². The van der Waals surface area contributed by atoms with Crippen molar-refractivity contribution in [2.24, 2.45) is 11.8 Å². The molecule has 0 unspecified atom stereocenters.